The van der Waals surface area contributed by atoms with Crippen molar-refractivity contribution in [3.63, 3.8) is 0 Å². The van der Waals surface area contributed by atoms with Crippen molar-refractivity contribution in [2.45, 2.75) is 6.42 Å². The molecule has 1 aromatic heterocycles. The van der Waals surface area contributed by atoms with Gasteiger partial charge in [0.05, 0.1) is 5.69 Å². The Bertz CT molecular complexity index is 3400. The van der Waals surface area contributed by atoms with Crippen LogP contribution < -0.4 is 4.90 Å². The Hall–Kier alpha value is -7.94. The maximum absolute atomic E-state index is 6.53. The number of anilines is 3. The molecule has 0 bridgehead atoms. The van der Waals surface area contributed by atoms with Gasteiger partial charge < -0.3 is 9.32 Å². The van der Waals surface area contributed by atoms with Crippen LogP contribution in [0.15, 0.2) is 241 Å². The molecular weight excluding hydrogens is 751 g/mol. The number of nitrogens with zero attached hydrogens (tertiary/aromatic N) is 1. The molecular formula is C60H43NO. The molecule has 0 fully saturated rings. The monoisotopic (exact) mass is 793 g/mol. The molecule has 0 N–H and O–H groups in total. The van der Waals surface area contributed by atoms with E-state index < -0.39 is 0 Å². The minimum absolute atomic E-state index is 0.329. The van der Waals surface area contributed by atoms with E-state index in [1.807, 2.05) is 6.08 Å². The van der Waals surface area contributed by atoms with E-state index in [0.717, 1.165) is 67.5 Å². The lowest BCUT2D eigenvalue weighted by Gasteiger charge is -2.28. The fraction of sp³-hybridized carbons (Fsp3) is 0.0333. The standard InChI is InChI=1S/C60H43NO/c1-2-12-42-13-3-5-16-46(42)37-41-23-31-52(32-24-41)61(53-33-27-44(28-34-53)48-18-11-19-49(38-48)50-26-25-43-14-4-6-17-47(43)39-50)58-22-10-9-20-54(58)51-30-36-59-57(40-51)56-35-29-45-15-7-8-21-55(45)60(56)62-59/h2-11,13-40,42H,1,12H2/b46-37+. The summed E-state index contributed by atoms with van der Waals surface area (Å²) in [4.78, 5) is 2.39. The molecule has 10 aromatic rings. The number of benzene rings is 9. The normalized spacial score (nSPS) is 14.3. The highest BCUT2D eigenvalue weighted by atomic mass is 16.3. The number of hydrogen-bond acceptors (Lipinski definition) is 2. The number of allylic oxidation sites excluding steroid dienone is 6. The first kappa shape index (κ1) is 37.1. The summed E-state index contributed by atoms with van der Waals surface area (Å²) in [5.74, 6) is 0.329. The van der Waals surface area contributed by atoms with Gasteiger partial charge in [-0.05, 0) is 122 Å². The third-order valence-electron chi connectivity index (χ3n) is 12.3. The minimum Gasteiger partial charge on any atom is -0.455 e. The van der Waals surface area contributed by atoms with Crippen LogP contribution in [0.5, 0.6) is 0 Å². The second kappa shape index (κ2) is 15.9. The Balaban J connectivity index is 1.000. The summed E-state index contributed by atoms with van der Waals surface area (Å²) in [7, 11) is 0. The quantitative estimate of drug-likeness (QED) is 0.135. The third-order valence-corrected chi connectivity index (χ3v) is 12.3. The van der Waals surface area contributed by atoms with E-state index >= 15 is 0 Å². The van der Waals surface area contributed by atoms with Crippen LogP contribution in [0.2, 0.25) is 0 Å². The molecule has 0 radical (unpaired) electrons. The molecule has 9 aromatic carbocycles. The second-order valence-electron chi connectivity index (χ2n) is 16.1. The van der Waals surface area contributed by atoms with Crippen LogP contribution in [0.4, 0.5) is 17.1 Å². The van der Waals surface area contributed by atoms with Gasteiger partial charge in [-0.2, -0.15) is 0 Å². The van der Waals surface area contributed by atoms with Crippen LogP contribution in [-0.4, -0.2) is 0 Å². The Labute approximate surface area is 362 Å². The van der Waals surface area contributed by atoms with E-state index in [1.165, 1.54) is 44.0 Å². The van der Waals surface area contributed by atoms with Gasteiger partial charge in [0.1, 0.15) is 11.2 Å². The van der Waals surface area contributed by atoms with Crippen LogP contribution in [0.25, 0.3) is 82.9 Å². The number of furan rings is 1. The van der Waals surface area contributed by atoms with Gasteiger partial charge in [-0.3, -0.25) is 0 Å². The zero-order valence-corrected chi connectivity index (χ0v) is 34.3. The van der Waals surface area contributed by atoms with Crippen molar-refractivity contribution in [3.05, 3.63) is 242 Å². The largest absolute Gasteiger partial charge is 0.455 e. The molecule has 294 valence electrons. The number of hydrogen-bond donors (Lipinski definition) is 0. The highest BCUT2D eigenvalue weighted by Gasteiger charge is 2.19. The van der Waals surface area contributed by atoms with Gasteiger partial charge in [0.15, 0.2) is 0 Å². The average molecular weight is 794 g/mol. The van der Waals surface area contributed by atoms with Gasteiger partial charge in [-0.25, -0.2) is 0 Å². The summed E-state index contributed by atoms with van der Waals surface area (Å²) >= 11 is 0. The Kier molecular flexibility index (Phi) is 9.52. The molecule has 1 aliphatic rings. The van der Waals surface area contributed by atoms with Gasteiger partial charge in [-0.1, -0.05) is 170 Å². The van der Waals surface area contributed by atoms with Crippen LogP contribution in [0.3, 0.4) is 0 Å². The summed E-state index contributed by atoms with van der Waals surface area (Å²) in [6.07, 6.45) is 13.9. The van der Waals surface area contributed by atoms with Gasteiger partial charge in [0.25, 0.3) is 0 Å². The lowest BCUT2D eigenvalue weighted by Crippen LogP contribution is -2.11. The smallest absolute Gasteiger partial charge is 0.143 e. The van der Waals surface area contributed by atoms with Crippen LogP contribution in [0.1, 0.15) is 12.0 Å². The minimum atomic E-state index is 0.329. The molecule has 0 saturated carbocycles. The van der Waals surface area contributed by atoms with Crippen LogP contribution in [0, 0.1) is 5.92 Å². The summed E-state index contributed by atoms with van der Waals surface area (Å²) < 4.78 is 6.53. The van der Waals surface area contributed by atoms with E-state index in [-0.39, 0.29) is 0 Å². The molecule has 0 amide bonds. The topological polar surface area (TPSA) is 16.4 Å². The first-order valence-electron chi connectivity index (χ1n) is 21.4. The lowest BCUT2D eigenvalue weighted by atomic mass is 9.90. The fourth-order valence-corrected chi connectivity index (χ4v) is 9.12. The zero-order chi connectivity index (χ0) is 41.4. The Morgan fingerprint density at radius 1 is 0.500 bits per heavy atom. The SMILES string of the molecule is C=CCC1C=CC=C/C1=C\c1ccc(N(c2ccc(-c3cccc(-c4ccc5ccccc5c4)c3)cc2)c2ccccc2-c2ccc3oc4c5ccccc5ccc4c3c2)cc1. The highest BCUT2D eigenvalue weighted by Crippen LogP contribution is 2.44. The molecule has 1 aliphatic carbocycles. The molecule has 0 spiro atoms. The fourth-order valence-electron chi connectivity index (χ4n) is 9.12. The summed E-state index contributed by atoms with van der Waals surface area (Å²) in [6.45, 7) is 4.00. The predicted octanol–water partition coefficient (Wildman–Crippen LogP) is 17.1. The zero-order valence-electron chi connectivity index (χ0n) is 34.3. The average Bonchev–Trinajstić information content (AvgIpc) is 3.72. The third kappa shape index (κ3) is 6.92. The first-order valence-corrected chi connectivity index (χ1v) is 21.4. The second-order valence-corrected chi connectivity index (χ2v) is 16.1. The van der Waals surface area contributed by atoms with Gasteiger partial charge in [-0.15, -0.1) is 6.58 Å². The first-order chi connectivity index (χ1) is 30.7. The molecule has 2 heteroatoms. The molecule has 0 aliphatic heterocycles. The number of rotatable bonds is 9. The maximum Gasteiger partial charge on any atom is 0.143 e. The van der Waals surface area contributed by atoms with Gasteiger partial charge >= 0.3 is 0 Å². The summed E-state index contributed by atoms with van der Waals surface area (Å²) in [6, 6.07) is 70.2. The molecule has 11 rings (SSSR count). The van der Waals surface area contributed by atoms with E-state index in [1.54, 1.807) is 0 Å². The number of para-hydroxylation sites is 1. The van der Waals surface area contributed by atoms with Crippen molar-refractivity contribution < 1.29 is 4.42 Å². The van der Waals surface area contributed by atoms with Crippen molar-refractivity contribution in [3.8, 4) is 33.4 Å². The van der Waals surface area contributed by atoms with Gasteiger partial charge in [0.2, 0.25) is 0 Å². The Morgan fingerprint density at radius 2 is 1.18 bits per heavy atom. The molecule has 1 heterocycles. The highest BCUT2D eigenvalue weighted by molar-refractivity contribution is 6.15. The van der Waals surface area contributed by atoms with Gasteiger partial charge in [0, 0.05) is 39.0 Å². The van der Waals surface area contributed by atoms with Crippen molar-refractivity contribution in [2.75, 3.05) is 4.90 Å². The van der Waals surface area contributed by atoms with E-state index in [4.69, 9.17) is 4.42 Å². The van der Waals surface area contributed by atoms with E-state index in [9.17, 15) is 0 Å². The molecule has 2 nitrogen and oxygen atoms in total. The van der Waals surface area contributed by atoms with Crippen molar-refractivity contribution >= 4 is 66.6 Å². The predicted molar refractivity (Wildman–Crippen MR) is 264 cm³/mol. The molecule has 1 atom stereocenters. The Morgan fingerprint density at radius 3 is 2.02 bits per heavy atom. The molecule has 62 heavy (non-hydrogen) atoms. The van der Waals surface area contributed by atoms with Crippen molar-refractivity contribution in [2.24, 2.45) is 5.92 Å². The molecule has 0 saturated heterocycles. The molecule has 1 unspecified atom stereocenters. The van der Waals surface area contributed by atoms with Crippen molar-refractivity contribution in [1.29, 1.82) is 0 Å². The lowest BCUT2D eigenvalue weighted by molar-refractivity contribution is 0.672. The van der Waals surface area contributed by atoms with Crippen LogP contribution >= 0.6 is 0 Å². The maximum atomic E-state index is 6.53. The summed E-state index contributed by atoms with van der Waals surface area (Å²) in [5.41, 5.74) is 14.5. The summed E-state index contributed by atoms with van der Waals surface area (Å²) in [5, 5.41) is 7.04. The van der Waals surface area contributed by atoms with Crippen LogP contribution in [-0.2, 0) is 0 Å². The van der Waals surface area contributed by atoms with E-state index in [0.29, 0.717) is 5.92 Å². The van der Waals surface area contributed by atoms with Crippen molar-refractivity contribution in [1.82, 2.24) is 0 Å². The number of fused-ring (bicyclic) bond motifs is 6. The van der Waals surface area contributed by atoms with E-state index in [2.05, 4.69) is 236 Å².